The van der Waals surface area contributed by atoms with Crippen LogP contribution in [0.4, 0.5) is 5.82 Å². The van der Waals surface area contributed by atoms with E-state index in [-0.39, 0.29) is 12.0 Å². The summed E-state index contributed by atoms with van der Waals surface area (Å²) in [6.07, 6.45) is 3.72. The Labute approximate surface area is 98.2 Å². The van der Waals surface area contributed by atoms with Gasteiger partial charge in [0.2, 0.25) is 0 Å². The van der Waals surface area contributed by atoms with E-state index in [4.69, 9.17) is 16.3 Å². The van der Waals surface area contributed by atoms with E-state index in [9.17, 15) is 4.79 Å². The zero-order valence-corrected chi connectivity index (χ0v) is 9.41. The number of hydrogen-bond acceptors (Lipinski definition) is 4. The van der Waals surface area contributed by atoms with Crippen LogP contribution in [0.1, 0.15) is 19.3 Å². The summed E-state index contributed by atoms with van der Waals surface area (Å²) in [5.74, 6) is 0.230. The van der Waals surface area contributed by atoms with Gasteiger partial charge < -0.3 is 10.1 Å². The molecule has 1 aromatic heterocycles. The number of ether oxygens (including phenoxy) is 1. The highest BCUT2D eigenvalue weighted by Crippen LogP contribution is 2.15. The number of halogens is 1. The molecule has 1 aliphatic heterocycles. The summed E-state index contributed by atoms with van der Waals surface area (Å²) in [6.45, 7) is 0.641. The number of anilines is 1. The monoisotopic (exact) mass is 241 g/mol. The normalized spacial score (nSPS) is 20.4. The number of rotatable bonds is 2. The first kappa shape index (κ1) is 11.3. The van der Waals surface area contributed by atoms with Crippen LogP contribution in [-0.4, -0.2) is 28.6 Å². The molecule has 0 spiro atoms. The van der Waals surface area contributed by atoms with Crippen molar-refractivity contribution in [2.75, 3.05) is 11.9 Å². The number of nitrogens with one attached hydrogen (secondary N) is 1. The maximum Gasteiger partial charge on any atom is 0.254 e. The molecule has 2 rings (SSSR count). The van der Waals surface area contributed by atoms with Crippen LogP contribution in [0, 0.1) is 0 Å². The minimum atomic E-state index is -0.373. The molecule has 5 nitrogen and oxygen atoms in total. The molecule has 0 radical (unpaired) electrons. The smallest absolute Gasteiger partial charge is 0.254 e. The topological polar surface area (TPSA) is 64.1 Å². The van der Waals surface area contributed by atoms with Crippen molar-refractivity contribution in [3.05, 3.63) is 17.5 Å². The van der Waals surface area contributed by atoms with E-state index in [1.807, 2.05) is 0 Å². The molecular weight excluding hydrogens is 230 g/mol. The lowest BCUT2D eigenvalue weighted by Crippen LogP contribution is -2.33. The Morgan fingerprint density at radius 2 is 2.38 bits per heavy atom. The highest BCUT2D eigenvalue weighted by molar-refractivity contribution is 6.29. The van der Waals surface area contributed by atoms with Gasteiger partial charge in [-0.2, -0.15) is 0 Å². The Balaban J connectivity index is 1.96. The summed E-state index contributed by atoms with van der Waals surface area (Å²) in [6, 6.07) is 1.50. The summed E-state index contributed by atoms with van der Waals surface area (Å²) in [4.78, 5) is 19.4. The predicted octanol–water partition coefficient (Wildman–Crippen LogP) is 1.64. The van der Waals surface area contributed by atoms with Crippen molar-refractivity contribution < 1.29 is 9.53 Å². The minimum absolute atomic E-state index is 0.172. The maximum atomic E-state index is 11.7. The lowest BCUT2D eigenvalue weighted by Gasteiger charge is -2.21. The number of aromatic nitrogens is 2. The second-order valence-corrected chi connectivity index (χ2v) is 3.96. The van der Waals surface area contributed by atoms with Gasteiger partial charge >= 0.3 is 0 Å². The van der Waals surface area contributed by atoms with Crippen LogP contribution in [-0.2, 0) is 9.53 Å². The molecule has 1 atom stereocenters. The molecule has 1 amide bonds. The van der Waals surface area contributed by atoms with Gasteiger partial charge in [0.25, 0.3) is 5.91 Å². The molecule has 16 heavy (non-hydrogen) atoms. The highest BCUT2D eigenvalue weighted by Gasteiger charge is 2.22. The molecule has 0 aliphatic carbocycles. The van der Waals surface area contributed by atoms with Gasteiger partial charge in [0, 0.05) is 12.7 Å². The van der Waals surface area contributed by atoms with Gasteiger partial charge in [0.1, 0.15) is 23.4 Å². The van der Waals surface area contributed by atoms with E-state index in [1.54, 1.807) is 0 Å². The lowest BCUT2D eigenvalue weighted by molar-refractivity contribution is -0.130. The van der Waals surface area contributed by atoms with Gasteiger partial charge in [-0.15, -0.1) is 0 Å². The molecule has 1 fully saturated rings. The molecule has 1 aliphatic rings. The van der Waals surface area contributed by atoms with E-state index in [1.165, 1.54) is 12.4 Å². The molecule has 0 saturated carbocycles. The molecule has 86 valence electrons. The van der Waals surface area contributed by atoms with Gasteiger partial charge in [-0.05, 0) is 19.3 Å². The van der Waals surface area contributed by atoms with Crippen molar-refractivity contribution in [1.29, 1.82) is 0 Å². The first-order valence-electron chi connectivity index (χ1n) is 5.16. The van der Waals surface area contributed by atoms with E-state index in [0.717, 1.165) is 19.3 Å². The quantitative estimate of drug-likeness (QED) is 0.800. The summed E-state index contributed by atoms with van der Waals surface area (Å²) in [5, 5.41) is 2.95. The average Bonchev–Trinajstić information content (AvgIpc) is 2.30. The van der Waals surface area contributed by atoms with Crippen LogP contribution >= 0.6 is 11.6 Å². The van der Waals surface area contributed by atoms with Crippen LogP contribution in [0.5, 0.6) is 0 Å². The molecule has 1 aromatic rings. The van der Waals surface area contributed by atoms with Gasteiger partial charge in [-0.25, -0.2) is 9.97 Å². The van der Waals surface area contributed by atoms with Crippen LogP contribution < -0.4 is 5.32 Å². The van der Waals surface area contributed by atoms with E-state index in [0.29, 0.717) is 17.6 Å². The fraction of sp³-hybridized carbons (Fsp3) is 0.500. The van der Waals surface area contributed by atoms with E-state index < -0.39 is 0 Å². The first-order chi connectivity index (χ1) is 7.75. The third kappa shape index (κ3) is 2.90. The second-order valence-electron chi connectivity index (χ2n) is 3.57. The molecule has 6 heteroatoms. The number of carbonyl (C=O) groups excluding carboxylic acids is 1. The van der Waals surface area contributed by atoms with Crippen LogP contribution in [0.25, 0.3) is 0 Å². The Bertz CT molecular complexity index is 380. The zero-order valence-electron chi connectivity index (χ0n) is 8.65. The largest absolute Gasteiger partial charge is 0.368 e. The van der Waals surface area contributed by atoms with Crippen LogP contribution in [0.3, 0.4) is 0 Å². The van der Waals surface area contributed by atoms with Crippen molar-refractivity contribution >= 4 is 23.3 Å². The van der Waals surface area contributed by atoms with Crippen molar-refractivity contribution in [2.24, 2.45) is 0 Å². The SMILES string of the molecule is O=C(Nc1cc(Cl)ncn1)C1CCCCO1. The minimum Gasteiger partial charge on any atom is -0.368 e. The predicted molar refractivity (Wildman–Crippen MR) is 59.3 cm³/mol. The summed E-state index contributed by atoms with van der Waals surface area (Å²) in [7, 11) is 0. The first-order valence-corrected chi connectivity index (χ1v) is 5.53. The highest BCUT2D eigenvalue weighted by atomic mass is 35.5. The molecule has 0 bridgehead atoms. The maximum absolute atomic E-state index is 11.7. The molecule has 1 unspecified atom stereocenters. The number of nitrogens with zero attached hydrogens (tertiary/aromatic N) is 2. The number of hydrogen-bond donors (Lipinski definition) is 1. The van der Waals surface area contributed by atoms with Crippen molar-refractivity contribution in [1.82, 2.24) is 9.97 Å². The lowest BCUT2D eigenvalue weighted by atomic mass is 10.1. The van der Waals surface area contributed by atoms with Crippen molar-refractivity contribution in [3.8, 4) is 0 Å². The molecule has 1 N–H and O–H groups in total. The van der Waals surface area contributed by atoms with Gasteiger partial charge in [-0.1, -0.05) is 11.6 Å². The van der Waals surface area contributed by atoms with Crippen LogP contribution in [0.2, 0.25) is 5.15 Å². The molecule has 0 aromatic carbocycles. The Kier molecular flexibility index (Phi) is 3.69. The molecule has 2 heterocycles. The fourth-order valence-corrected chi connectivity index (χ4v) is 1.70. The standard InChI is InChI=1S/C10H12ClN3O2/c11-8-5-9(13-6-12-8)14-10(15)7-3-1-2-4-16-7/h5-7H,1-4H2,(H,12,13,14,15). The number of amides is 1. The Morgan fingerprint density at radius 3 is 3.06 bits per heavy atom. The zero-order chi connectivity index (χ0) is 11.4. The average molecular weight is 242 g/mol. The van der Waals surface area contributed by atoms with Gasteiger partial charge in [-0.3, -0.25) is 4.79 Å². The Hall–Kier alpha value is -1.20. The van der Waals surface area contributed by atoms with Gasteiger partial charge in [0.05, 0.1) is 0 Å². The second kappa shape index (κ2) is 5.23. The number of carbonyl (C=O) groups is 1. The third-order valence-electron chi connectivity index (χ3n) is 2.36. The fourth-order valence-electron chi connectivity index (χ4n) is 1.56. The van der Waals surface area contributed by atoms with Crippen LogP contribution in [0.15, 0.2) is 12.4 Å². The molecule has 1 saturated heterocycles. The van der Waals surface area contributed by atoms with Crippen molar-refractivity contribution in [2.45, 2.75) is 25.4 Å². The Morgan fingerprint density at radius 1 is 1.50 bits per heavy atom. The molecular formula is C10H12ClN3O2. The summed E-state index contributed by atoms with van der Waals surface area (Å²) >= 11 is 5.68. The summed E-state index contributed by atoms with van der Waals surface area (Å²) in [5.41, 5.74) is 0. The van der Waals surface area contributed by atoms with E-state index >= 15 is 0 Å². The van der Waals surface area contributed by atoms with E-state index in [2.05, 4.69) is 15.3 Å². The summed E-state index contributed by atoms with van der Waals surface area (Å²) < 4.78 is 5.35. The van der Waals surface area contributed by atoms with Crippen molar-refractivity contribution in [3.63, 3.8) is 0 Å². The van der Waals surface area contributed by atoms with Gasteiger partial charge in [0.15, 0.2) is 0 Å². The third-order valence-corrected chi connectivity index (χ3v) is 2.56.